The smallest absolute Gasteiger partial charge is 0.146 e. The molecule has 0 unspecified atom stereocenters. The number of nitrogens with zero attached hydrogens (tertiary/aromatic N) is 2. The second-order valence-corrected chi connectivity index (χ2v) is 3.56. The molecule has 3 nitrogen and oxygen atoms in total. The summed E-state index contributed by atoms with van der Waals surface area (Å²) < 4.78 is 1.50. The Balaban J connectivity index is 2.60. The lowest BCUT2D eigenvalue weighted by Crippen LogP contribution is -2.02. The maximum atomic E-state index is 5.98. The molecule has 2 aromatic rings. The van der Waals surface area contributed by atoms with E-state index in [9.17, 15) is 0 Å². The zero-order chi connectivity index (χ0) is 10.1. The topological polar surface area (TPSA) is 43.8 Å². The first-order valence-electron chi connectivity index (χ1n) is 3.94. The van der Waals surface area contributed by atoms with Crippen LogP contribution in [0.4, 0.5) is 5.82 Å². The minimum absolute atomic E-state index is 0.389. The monoisotopic (exact) mass is 227 g/mol. The molecule has 1 heterocycles. The van der Waals surface area contributed by atoms with Crippen molar-refractivity contribution < 1.29 is 0 Å². The van der Waals surface area contributed by atoms with E-state index < -0.39 is 0 Å². The number of para-hydroxylation sites is 1. The molecule has 2 rings (SSSR count). The Morgan fingerprint density at radius 1 is 1.14 bits per heavy atom. The number of anilines is 1. The summed E-state index contributed by atoms with van der Waals surface area (Å²) >= 11 is 11.8. The van der Waals surface area contributed by atoms with E-state index in [1.54, 1.807) is 6.07 Å². The molecule has 0 bridgehead atoms. The van der Waals surface area contributed by atoms with E-state index in [1.165, 1.54) is 10.9 Å². The molecule has 0 fully saturated rings. The number of aromatic nitrogens is 2. The molecule has 0 atom stereocenters. The number of nitrogen functional groups attached to an aromatic ring is 1. The van der Waals surface area contributed by atoms with Gasteiger partial charge in [-0.15, -0.1) is 0 Å². The highest BCUT2D eigenvalue weighted by Gasteiger charge is 2.08. The Morgan fingerprint density at radius 3 is 2.43 bits per heavy atom. The second-order valence-electron chi connectivity index (χ2n) is 2.74. The molecule has 2 N–H and O–H groups in total. The lowest BCUT2D eigenvalue weighted by molar-refractivity contribution is 0.891. The largest absolute Gasteiger partial charge is 0.382 e. The van der Waals surface area contributed by atoms with Gasteiger partial charge in [-0.25, -0.2) is 4.68 Å². The van der Waals surface area contributed by atoms with Crippen molar-refractivity contribution in [2.75, 3.05) is 5.73 Å². The van der Waals surface area contributed by atoms with Crippen LogP contribution < -0.4 is 5.73 Å². The fourth-order valence-electron chi connectivity index (χ4n) is 1.15. The summed E-state index contributed by atoms with van der Waals surface area (Å²) in [5, 5.41) is 5.03. The van der Waals surface area contributed by atoms with Crippen LogP contribution >= 0.6 is 23.2 Å². The number of hydrogen-bond acceptors (Lipinski definition) is 2. The molecule has 0 aliphatic carbocycles. The zero-order valence-electron chi connectivity index (χ0n) is 7.11. The fraction of sp³-hybridized carbons (Fsp3) is 0. The van der Waals surface area contributed by atoms with Crippen molar-refractivity contribution in [1.82, 2.24) is 9.78 Å². The van der Waals surface area contributed by atoms with Crippen molar-refractivity contribution >= 4 is 29.0 Å². The predicted molar refractivity (Wildman–Crippen MR) is 58.0 cm³/mol. The minimum Gasteiger partial charge on any atom is -0.382 e. The molecule has 0 radical (unpaired) electrons. The average Bonchev–Trinajstić information content (AvgIpc) is 2.49. The van der Waals surface area contributed by atoms with Gasteiger partial charge in [-0.05, 0) is 12.1 Å². The number of benzene rings is 1. The first-order valence-corrected chi connectivity index (χ1v) is 4.69. The Morgan fingerprint density at radius 2 is 1.86 bits per heavy atom. The van der Waals surface area contributed by atoms with E-state index >= 15 is 0 Å². The van der Waals surface area contributed by atoms with Crippen LogP contribution in [0.2, 0.25) is 10.0 Å². The van der Waals surface area contributed by atoms with Crippen molar-refractivity contribution in [2.24, 2.45) is 0 Å². The normalized spacial score (nSPS) is 10.4. The van der Waals surface area contributed by atoms with Gasteiger partial charge in [0.2, 0.25) is 0 Å². The van der Waals surface area contributed by atoms with Gasteiger partial charge >= 0.3 is 0 Å². The van der Waals surface area contributed by atoms with Gasteiger partial charge in [0, 0.05) is 0 Å². The first kappa shape index (κ1) is 9.37. The molecule has 5 heteroatoms. The number of rotatable bonds is 1. The first-order chi connectivity index (χ1) is 6.70. The summed E-state index contributed by atoms with van der Waals surface area (Å²) in [5.41, 5.74) is 6.43. The highest BCUT2D eigenvalue weighted by atomic mass is 35.5. The maximum absolute atomic E-state index is 5.98. The molecule has 0 aliphatic heterocycles. The molecule has 0 amide bonds. The maximum Gasteiger partial charge on any atom is 0.146 e. The summed E-state index contributed by atoms with van der Waals surface area (Å²) in [4.78, 5) is 0. The Hall–Kier alpha value is -1.19. The average molecular weight is 228 g/mol. The fourth-order valence-corrected chi connectivity index (χ4v) is 1.49. The molecule has 14 heavy (non-hydrogen) atoms. The van der Waals surface area contributed by atoms with Crippen molar-refractivity contribution in [3.05, 3.63) is 40.5 Å². The highest BCUT2D eigenvalue weighted by Crippen LogP contribution is 2.25. The van der Waals surface area contributed by atoms with E-state index in [2.05, 4.69) is 5.10 Å². The Labute approximate surface area is 91.0 Å². The number of nitrogens with two attached hydrogens (primary N) is 1. The van der Waals surface area contributed by atoms with Crippen LogP contribution in [0.15, 0.2) is 30.5 Å². The zero-order valence-corrected chi connectivity index (χ0v) is 8.63. The summed E-state index contributed by atoms with van der Waals surface area (Å²) in [5.74, 6) is 0.389. The molecule has 0 aliphatic rings. The second kappa shape index (κ2) is 3.52. The van der Waals surface area contributed by atoms with Gasteiger partial charge in [0.15, 0.2) is 0 Å². The van der Waals surface area contributed by atoms with Crippen LogP contribution in [-0.4, -0.2) is 9.78 Å². The van der Waals surface area contributed by atoms with E-state index in [0.29, 0.717) is 15.9 Å². The van der Waals surface area contributed by atoms with Crippen LogP contribution in [0, 0.1) is 0 Å². The quantitative estimate of drug-likeness (QED) is 0.815. The van der Waals surface area contributed by atoms with Gasteiger partial charge in [0.1, 0.15) is 10.8 Å². The van der Waals surface area contributed by atoms with E-state index in [4.69, 9.17) is 28.9 Å². The van der Waals surface area contributed by atoms with Crippen molar-refractivity contribution in [3.63, 3.8) is 0 Å². The summed E-state index contributed by atoms with van der Waals surface area (Å²) in [7, 11) is 0. The lowest BCUT2D eigenvalue weighted by atomic mass is 10.3. The van der Waals surface area contributed by atoms with Gasteiger partial charge in [0.25, 0.3) is 0 Å². The van der Waals surface area contributed by atoms with Crippen LogP contribution in [0.5, 0.6) is 0 Å². The standard InChI is InChI=1S/C9H7Cl2N3/c10-6-3-1-2-4-8(6)14-9(12)7(11)5-13-14/h1-5H,12H2. The van der Waals surface area contributed by atoms with Crippen molar-refractivity contribution in [2.45, 2.75) is 0 Å². The lowest BCUT2D eigenvalue weighted by Gasteiger charge is -2.05. The number of hydrogen-bond donors (Lipinski definition) is 1. The molecule has 72 valence electrons. The molecular weight excluding hydrogens is 221 g/mol. The molecule has 0 spiro atoms. The van der Waals surface area contributed by atoms with E-state index in [0.717, 1.165) is 5.69 Å². The van der Waals surface area contributed by atoms with Gasteiger partial charge in [-0.1, -0.05) is 35.3 Å². The van der Waals surface area contributed by atoms with Crippen LogP contribution in [0.3, 0.4) is 0 Å². The van der Waals surface area contributed by atoms with Gasteiger partial charge in [-0.3, -0.25) is 0 Å². The van der Waals surface area contributed by atoms with Crippen LogP contribution in [-0.2, 0) is 0 Å². The third kappa shape index (κ3) is 1.45. The van der Waals surface area contributed by atoms with Gasteiger partial charge in [0.05, 0.1) is 16.9 Å². The molecule has 0 saturated heterocycles. The third-order valence-electron chi connectivity index (χ3n) is 1.84. The Kier molecular flexibility index (Phi) is 2.35. The summed E-state index contributed by atoms with van der Waals surface area (Å²) in [6, 6.07) is 7.29. The van der Waals surface area contributed by atoms with Crippen molar-refractivity contribution in [3.8, 4) is 5.69 Å². The highest BCUT2D eigenvalue weighted by molar-refractivity contribution is 6.33. The molecular formula is C9H7Cl2N3. The van der Waals surface area contributed by atoms with Crippen LogP contribution in [0.25, 0.3) is 5.69 Å². The molecule has 0 saturated carbocycles. The SMILES string of the molecule is Nc1c(Cl)cnn1-c1ccccc1Cl. The van der Waals surface area contributed by atoms with Gasteiger partial charge in [-0.2, -0.15) is 5.10 Å². The summed E-state index contributed by atoms with van der Waals surface area (Å²) in [6.45, 7) is 0. The van der Waals surface area contributed by atoms with E-state index in [-0.39, 0.29) is 0 Å². The molecule has 1 aromatic carbocycles. The van der Waals surface area contributed by atoms with E-state index in [1.807, 2.05) is 18.2 Å². The summed E-state index contributed by atoms with van der Waals surface area (Å²) in [6.07, 6.45) is 1.49. The number of halogens is 2. The minimum atomic E-state index is 0.389. The Bertz CT molecular complexity index is 465. The van der Waals surface area contributed by atoms with Crippen LogP contribution in [0.1, 0.15) is 0 Å². The third-order valence-corrected chi connectivity index (χ3v) is 2.45. The van der Waals surface area contributed by atoms with Crippen molar-refractivity contribution in [1.29, 1.82) is 0 Å². The molecule has 1 aromatic heterocycles. The predicted octanol–water partition coefficient (Wildman–Crippen LogP) is 2.76. The van der Waals surface area contributed by atoms with Gasteiger partial charge < -0.3 is 5.73 Å².